The van der Waals surface area contributed by atoms with Gasteiger partial charge in [-0.25, -0.2) is 9.48 Å². The smallest absolute Gasteiger partial charge is 0.416 e. The van der Waals surface area contributed by atoms with Crippen LogP contribution < -0.4 is 15.5 Å². The normalized spacial score (nSPS) is 20.9. The first-order valence-corrected chi connectivity index (χ1v) is 10.3. The number of rotatable bonds is 5. The summed E-state index contributed by atoms with van der Waals surface area (Å²) in [5, 5.41) is 28.8. The van der Waals surface area contributed by atoms with E-state index in [1.807, 2.05) is 4.90 Å². The first-order valence-electron chi connectivity index (χ1n) is 10.3. The first-order chi connectivity index (χ1) is 15.7. The minimum Gasteiger partial charge on any atom is -0.465 e. The van der Waals surface area contributed by atoms with Crippen LogP contribution in [0.3, 0.4) is 0 Å². The molecule has 3 aromatic rings. The van der Waals surface area contributed by atoms with Crippen molar-refractivity contribution in [2.24, 2.45) is 0 Å². The van der Waals surface area contributed by atoms with E-state index in [1.54, 1.807) is 0 Å². The van der Waals surface area contributed by atoms with Gasteiger partial charge in [-0.2, -0.15) is 28.2 Å². The van der Waals surface area contributed by atoms with Crippen LogP contribution in [0.4, 0.5) is 29.7 Å². The number of aliphatic hydroxyl groups excluding tert-OH is 1. The number of halogens is 3. The molecule has 1 aliphatic heterocycles. The average Bonchev–Trinajstić information content (AvgIpc) is 3.12. The van der Waals surface area contributed by atoms with Crippen LogP contribution in [-0.4, -0.2) is 67.3 Å². The van der Waals surface area contributed by atoms with Crippen molar-refractivity contribution in [2.45, 2.75) is 37.2 Å². The van der Waals surface area contributed by atoms with Crippen LogP contribution in [0.2, 0.25) is 0 Å². The van der Waals surface area contributed by atoms with Crippen molar-refractivity contribution in [3.05, 3.63) is 36.0 Å². The third kappa shape index (κ3) is 4.11. The van der Waals surface area contributed by atoms with Gasteiger partial charge < -0.3 is 25.7 Å². The van der Waals surface area contributed by atoms with Gasteiger partial charge in [0.1, 0.15) is 5.82 Å². The van der Waals surface area contributed by atoms with E-state index in [0.29, 0.717) is 42.8 Å². The highest BCUT2D eigenvalue weighted by Gasteiger charge is 2.34. The van der Waals surface area contributed by atoms with Gasteiger partial charge in [-0.05, 0) is 31.0 Å². The summed E-state index contributed by atoms with van der Waals surface area (Å²) >= 11 is 0. The Labute approximate surface area is 185 Å². The van der Waals surface area contributed by atoms with E-state index < -0.39 is 17.8 Å². The third-order valence-electron chi connectivity index (χ3n) is 5.78. The number of nitrogens with one attached hydrogen (secondary N) is 2. The van der Waals surface area contributed by atoms with Crippen LogP contribution in [0.15, 0.2) is 30.5 Å². The minimum atomic E-state index is -4.50. The lowest BCUT2D eigenvalue weighted by molar-refractivity contribution is -0.137. The molecule has 13 heteroatoms. The molecular formula is C20H20F3N7O3. The summed E-state index contributed by atoms with van der Waals surface area (Å²) in [6.45, 7) is 0.767. The van der Waals surface area contributed by atoms with Crippen molar-refractivity contribution in [1.82, 2.24) is 25.1 Å². The number of fused-ring (bicyclic) bond motifs is 1. The Kier molecular flexibility index (Phi) is 5.00. The van der Waals surface area contributed by atoms with Crippen LogP contribution in [0.1, 0.15) is 18.4 Å². The molecule has 4 N–H and O–H groups in total. The van der Waals surface area contributed by atoms with E-state index in [0.717, 1.165) is 12.1 Å². The summed E-state index contributed by atoms with van der Waals surface area (Å²) in [4.78, 5) is 21.8. The highest BCUT2D eigenvalue weighted by Crippen LogP contribution is 2.33. The van der Waals surface area contributed by atoms with Gasteiger partial charge in [0.2, 0.25) is 5.95 Å². The number of amides is 1. The molecule has 3 heterocycles. The molecular weight excluding hydrogens is 443 g/mol. The van der Waals surface area contributed by atoms with Gasteiger partial charge >= 0.3 is 12.3 Å². The number of nitrogens with zero attached hydrogens (tertiary/aromatic N) is 5. The number of alkyl halides is 3. The van der Waals surface area contributed by atoms with Gasteiger partial charge in [0.15, 0.2) is 5.65 Å². The van der Waals surface area contributed by atoms with Crippen molar-refractivity contribution in [3.63, 3.8) is 0 Å². The molecule has 0 spiro atoms. The van der Waals surface area contributed by atoms with Gasteiger partial charge in [0, 0.05) is 19.1 Å². The second kappa shape index (κ2) is 7.76. The van der Waals surface area contributed by atoms with Crippen molar-refractivity contribution >= 4 is 28.9 Å². The van der Waals surface area contributed by atoms with Crippen molar-refractivity contribution in [3.8, 4) is 5.69 Å². The van der Waals surface area contributed by atoms with Crippen LogP contribution >= 0.6 is 0 Å². The van der Waals surface area contributed by atoms with Gasteiger partial charge in [-0.1, -0.05) is 6.07 Å². The fraction of sp³-hybridized carbons (Fsp3) is 0.400. The fourth-order valence-electron chi connectivity index (χ4n) is 4.01. The number of hydrogen-bond donors (Lipinski definition) is 4. The van der Waals surface area contributed by atoms with Crippen LogP contribution in [0.5, 0.6) is 0 Å². The summed E-state index contributed by atoms with van der Waals surface area (Å²) in [6, 6.07) is 4.52. The molecule has 1 aliphatic carbocycles. The first kappa shape index (κ1) is 21.2. The van der Waals surface area contributed by atoms with E-state index >= 15 is 0 Å². The van der Waals surface area contributed by atoms with Gasteiger partial charge in [0.05, 0.1) is 35.0 Å². The summed E-state index contributed by atoms with van der Waals surface area (Å²) in [6.07, 6.45) is -3.44. The largest absolute Gasteiger partial charge is 0.465 e. The zero-order valence-corrected chi connectivity index (χ0v) is 17.1. The molecule has 1 saturated heterocycles. The van der Waals surface area contributed by atoms with Gasteiger partial charge in [-0.15, -0.1) is 0 Å². The predicted molar refractivity (Wildman–Crippen MR) is 111 cm³/mol. The second-order valence-corrected chi connectivity index (χ2v) is 8.23. The zero-order chi connectivity index (χ0) is 23.3. The van der Waals surface area contributed by atoms with E-state index in [9.17, 15) is 23.1 Å². The molecule has 174 valence electrons. The summed E-state index contributed by atoms with van der Waals surface area (Å²) in [5.41, 5.74) is -0.287. The Morgan fingerprint density at radius 3 is 2.58 bits per heavy atom. The Bertz CT molecular complexity index is 1200. The fourth-order valence-corrected chi connectivity index (χ4v) is 4.01. The maximum absolute atomic E-state index is 13.2. The average molecular weight is 463 g/mol. The number of hydrogen-bond acceptors (Lipinski definition) is 7. The molecule has 10 nitrogen and oxygen atoms in total. The van der Waals surface area contributed by atoms with Crippen LogP contribution in [-0.2, 0) is 6.18 Å². The standard InChI is InChI=1S/C20H20F3N7O3/c21-20(22,23)10-2-1-3-13(4-10)30-17-15(7-24-30)16(29-8-12(9-29)26-19(32)33)27-18(28-17)25-11-5-14(31)6-11/h1-4,7,11-12,14,26,31H,5-6,8-9H2,(H,32,33)(H,25,27,28). The number of aromatic nitrogens is 4. The number of carbonyl (C=O) groups is 1. The summed E-state index contributed by atoms with van der Waals surface area (Å²) in [5.74, 6) is 0.766. The lowest BCUT2D eigenvalue weighted by Gasteiger charge is -2.40. The Morgan fingerprint density at radius 2 is 1.91 bits per heavy atom. The molecule has 1 saturated carbocycles. The van der Waals surface area contributed by atoms with Crippen LogP contribution in [0, 0.1) is 0 Å². The third-order valence-corrected chi connectivity index (χ3v) is 5.78. The Morgan fingerprint density at radius 1 is 1.15 bits per heavy atom. The van der Waals surface area contributed by atoms with E-state index in [2.05, 4.69) is 25.7 Å². The SMILES string of the molecule is O=C(O)NC1CN(c2nc(NC3CC(O)C3)nc3c2cnn3-c2cccc(C(F)(F)F)c2)C1. The Hall–Kier alpha value is -3.61. The monoisotopic (exact) mass is 463 g/mol. The lowest BCUT2D eigenvalue weighted by Crippen LogP contribution is -2.59. The summed E-state index contributed by atoms with van der Waals surface area (Å²) < 4.78 is 41.0. The zero-order valence-electron chi connectivity index (χ0n) is 17.1. The van der Waals surface area contributed by atoms with Gasteiger partial charge in [-0.3, -0.25) is 0 Å². The number of benzene rings is 1. The van der Waals surface area contributed by atoms with Crippen molar-refractivity contribution < 1.29 is 28.2 Å². The Balaban J connectivity index is 1.53. The highest BCUT2D eigenvalue weighted by molar-refractivity contribution is 5.89. The molecule has 0 bridgehead atoms. The maximum atomic E-state index is 13.2. The lowest BCUT2D eigenvalue weighted by atomic mass is 9.90. The number of carboxylic acid groups (broad SMARTS) is 1. The molecule has 5 rings (SSSR count). The number of aliphatic hydroxyl groups is 1. The second-order valence-electron chi connectivity index (χ2n) is 8.23. The maximum Gasteiger partial charge on any atom is 0.416 e. The molecule has 0 atom stereocenters. The summed E-state index contributed by atoms with van der Waals surface area (Å²) in [7, 11) is 0. The quantitative estimate of drug-likeness (QED) is 0.454. The van der Waals surface area contributed by atoms with E-state index in [1.165, 1.54) is 23.0 Å². The molecule has 2 fully saturated rings. The molecule has 1 amide bonds. The van der Waals surface area contributed by atoms with Crippen molar-refractivity contribution in [2.75, 3.05) is 23.3 Å². The molecule has 2 aliphatic rings. The van der Waals surface area contributed by atoms with E-state index in [4.69, 9.17) is 5.11 Å². The molecule has 0 radical (unpaired) electrons. The predicted octanol–water partition coefficient (Wildman–Crippen LogP) is 2.23. The molecule has 2 aromatic heterocycles. The highest BCUT2D eigenvalue weighted by atomic mass is 19.4. The molecule has 0 unspecified atom stereocenters. The van der Waals surface area contributed by atoms with Crippen molar-refractivity contribution in [1.29, 1.82) is 0 Å². The number of anilines is 2. The minimum absolute atomic E-state index is 0.0203. The van der Waals surface area contributed by atoms with Crippen LogP contribution in [0.25, 0.3) is 16.7 Å². The van der Waals surface area contributed by atoms with E-state index in [-0.39, 0.29) is 29.8 Å². The topological polar surface area (TPSA) is 128 Å². The molecule has 33 heavy (non-hydrogen) atoms. The molecule has 1 aromatic carbocycles. The van der Waals surface area contributed by atoms with Gasteiger partial charge in [0.25, 0.3) is 0 Å².